The van der Waals surface area contributed by atoms with Crippen LogP contribution in [0.2, 0.25) is 0 Å². The van der Waals surface area contributed by atoms with Gasteiger partial charge >= 0.3 is 0 Å². The van der Waals surface area contributed by atoms with Gasteiger partial charge in [-0.05, 0) is 19.9 Å². The van der Waals surface area contributed by atoms with E-state index in [1.807, 2.05) is 19.9 Å². The Morgan fingerprint density at radius 1 is 1.00 bits per heavy atom. The van der Waals surface area contributed by atoms with Crippen molar-refractivity contribution < 1.29 is 14.2 Å². The van der Waals surface area contributed by atoms with E-state index >= 15 is 0 Å². The zero-order valence-electron chi connectivity index (χ0n) is 8.30. The van der Waals surface area contributed by atoms with Gasteiger partial charge < -0.3 is 14.2 Å². The normalized spacial score (nSPS) is 13.6. The third-order valence-electron chi connectivity index (χ3n) is 1.54. The summed E-state index contributed by atoms with van der Waals surface area (Å²) in [6.07, 6.45) is 1.82. The Morgan fingerprint density at radius 3 is 1.83 bits per heavy atom. The smallest absolute Gasteiger partial charge is 0.198 e. The van der Waals surface area contributed by atoms with Crippen molar-refractivity contribution in [2.45, 2.75) is 13.8 Å². The van der Waals surface area contributed by atoms with Crippen LogP contribution in [0.15, 0.2) is 23.4 Å². The molecule has 0 aromatic heterocycles. The highest BCUT2D eigenvalue weighted by molar-refractivity contribution is 5.21. The van der Waals surface area contributed by atoms with E-state index < -0.39 is 0 Å². The van der Waals surface area contributed by atoms with Crippen molar-refractivity contribution >= 4 is 0 Å². The van der Waals surface area contributed by atoms with Crippen molar-refractivity contribution in [3.8, 4) is 0 Å². The molecule has 0 spiro atoms. The fraction of sp³-hybridized carbons (Fsp3) is 0.556. The minimum absolute atomic E-state index is 0.627. The first-order valence-corrected chi connectivity index (χ1v) is 3.70. The molecule has 0 aromatic carbocycles. The average molecular weight is 172 g/mol. The number of rotatable bonds is 4. The molecule has 0 N–H and O–H groups in total. The molecule has 0 fully saturated rings. The number of hydrogen-bond donors (Lipinski definition) is 0. The zero-order valence-corrected chi connectivity index (χ0v) is 8.30. The molecule has 0 heterocycles. The molecule has 0 saturated heterocycles. The summed E-state index contributed by atoms with van der Waals surface area (Å²) < 4.78 is 15.2. The van der Waals surface area contributed by atoms with Crippen LogP contribution < -0.4 is 0 Å². The predicted molar refractivity (Wildman–Crippen MR) is 47.5 cm³/mol. The van der Waals surface area contributed by atoms with Crippen LogP contribution in [0, 0.1) is 0 Å². The maximum absolute atomic E-state index is 5.11. The van der Waals surface area contributed by atoms with E-state index in [1.54, 1.807) is 21.3 Å². The van der Waals surface area contributed by atoms with Gasteiger partial charge in [0.25, 0.3) is 0 Å². The third kappa shape index (κ3) is 2.49. The summed E-state index contributed by atoms with van der Waals surface area (Å²) in [5.74, 6) is 2.01. The van der Waals surface area contributed by atoms with E-state index in [1.165, 1.54) is 0 Å². The minimum atomic E-state index is 0.627. The highest BCUT2D eigenvalue weighted by Crippen LogP contribution is 2.16. The highest BCUT2D eigenvalue weighted by Gasteiger charge is 2.08. The Labute approximate surface area is 73.6 Å². The largest absolute Gasteiger partial charge is 0.497 e. The van der Waals surface area contributed by atoms with E-state index in [4.69, 9.17) is 14.2 Å². The maximum Gasteiger partial charge on any atom is 0.198 e. The average Bonchev–Trinajstić information content (AvgIpc) is 2.12. The van der Waals surface area contributed by atoms with E-state index in [9.17, 15) is 0 Å². The van der Waals surface area contributed by atoms with Crippen molar-refractivity contribution in [1.29, 1.82) is 0 Å². The molecule has 0 unspecified atom stereocenters. The molecule has 0 amide bonds. The molecule has 0 rings (SSSR count). The van der Waals surface area contributed by atoms with E-state index in [2.05, 4.69) is 0 Å². The van der Waals surface area contributed by atoms with Gasteiger partial charge in [0.2, 0.25) is 0 Å². The summed E-state index contributed by atoms with van der Waals surface area (Å²) in [5.41, 5.74) is 0. The monoisotopic (exact) mass is 172 g/mol. The van der Waals surface area contributed by atoms with Crippen LogP contribution in [0.5, 0.6) is 0 Å². The first kappa shape index (κ1) is 10.9. The Hall–Kier alpha value is -1.12. The van der Waals surface area contributed by atoms with Crippen LogP contribution in [-0.2, 0) is 14.2 Å². The fourth-order valence-electron chi connectivity index (χ4n) is 0.852. The second kappa shape index (κ2) is 5.52. The van der Waals surface area contributed by atoms with Crippen molar-refractivity contribution in [3.05, 3.63) is 23.4 Å². The molecule has 0 saturated carbocycles. The fourth-order valence-corrected chi connectivity index (χ4v) is 0.852. The van der Waals surface area contributed by atoms with Gasteiger partial charge in [0, 0.05) is 0 Å². The van der Waals surface area contributed by atoms with Crippen LogP contribution in [0.3, 0.4) is 0 Å². The zero-order chi connectivity index (χ0) is 9.56. The van der Waals surface area contributed by atoms with Gasteiger partial charge in [-0.25, -0.2) is 0 Å². The van der Waals surface area contributed by atoms with Crippen molar-refractivity contribution in [2.24, 2.45) is 0 Å². The van der Waals surface area contributed by atoms with Gasteiger partial charge in [-0.1, -0.05) is 0 Å². The molecule has 0 aliphatic rings. The van der Waals surface area contributed by atoms with Gasteiger partial charge in [0.05, 0.1) is 21.3 Å². The molecule has 3 heteroatoms. The van der Waals surface area contributed by atoms with E-state index in [0.717, 1.165) is 0 Å². The van der Waals surface area contributed by atoms with Gasteiger partial charge in [-0.3, -0.25) is 0 Å². The Bertz CT molecular complexity index is 184. The van der Waals surface area contributed by atoms with Gasteiger partial charge in [-0.15, -0.1) is 0 Å². The molecule has 0 aliphatic heterocycles. The lowest BCUT2D eigenvalue weighted by molar-refractivity contribution is 0.186. The van der Waals surface area contributed by atoms with Crippen LogP contribution >= 0.6 is 0 Å². The number of ether oxygens (including phenoxy) is 3. The molecule has 0 radical (unpaired) electrons. The van der Waals surface area contributed by atoms with Gasteiger partial charge in [0.15, 0.2) is 11.5 Å². The van der Waals surface area contributed by atoms with Gasteiger partial charge in [-0.2, -0.15) is 0 Å². The lowest BCUT2D eigenvalue weighted by atomic mass is 10.3. The molecule has 70 valence electrons. The molecule has 3 nitrogen and oxygen atoms in total. The first-order valence-electron chi connectivity index (χ1n) is 3.70. The second-order valence-electron chi connectivity index (χ2n) is 2.15. The van der Waals surface area contributed by atoms with Crippen molar-refractivity contribution in [3.63, 3.8) is 0 Å². The van der Waals surface area contributed by atoms with E-state index in [0.29, 0.717) is 17.3 Å². The minimum Gasteiger partial charge on any atom is -0.497 e. The van der Waals surface area contributed by atoms with Crippen molar-refractivity contribution in [1.82, 2.24) is 0 Å². The summed E-state index contributed by atoms with van der Waals surface area (Å²) in [7, 11) is 4.77. The van der Waals surface area contributed by atoms with E-state index in [-0.39, 0.29) is 0 Å². The molecule has 12 heavy (non-hydrogen) atoms. The SMILES string of the molecule is CC=C(OC)C(OC)=C(C)OC. The number of hydrogen-bond acceptors (Lipinski definition) is 3. The quantitative estimate of drug-likeness (QED) is 0.480. The lowest BCUT2D eigenvalue weighted by Gasteiger charge is -2.11. The van der Waals surface area contributed by atoms with Crippen molar-refractivity contribution in [2.75, 3.05) is 21.3 Å². The number of methoxy groups -OCH3 is 3. The molecular weight excluding hydrogens is 156 g/mol. The summed E-state index contributed by atoms with van der Waals surface area (Å²) in [6, 6.07) is 0. The molecular formula is C9H16O3. The summed E-state index contributed by atoms with van der Waals surface area (Å²) in [6.45, 7) is 3.70. The summed E-state index contributed by atoms with van der Waals surface area (Å²) in [5, 5.41) is 0. The lowest BCUT2D eigenvalue weighted by Crippen LogP contribution is -1.99. The Balaban J connectivity index is 4.76. The van der Waals surface area contributed by atoms with Gasteiger partial charge in [0.1, 0.15) is 5.76 Å². The first-order chi connectivity index (χ1) is 5.71. The van der Waals surface area contributed by atoms with Crippen LogP contribution in [-0.4, -0.2) is 21.3 Å². The summed E-state index contributed by atoms with van der Waals surface area (Å²) >= 11 is 0. The Kier molecular flexibility index (Phi) is 5.00. The van der Waals surface area contributed by atoms with Crippen LogP contribution in [0.1, 0.15) is 13.8 Å². The van der Waals surface area contributed by atoms with Crippen LogP contribution in [0.25, 0.3) is 0 Å². The standard InChI is InChI=1S/C9H16O3/c1-6-8(11-4)9(12-5)7(2)10-3/h6H,1-5H3. The van der Waals surface area contributed by atoms with Crippen LogP contribution in [0.4, 0.5) is 0 Å². The molecule has 0 aromatic rings. The second-order valence-corrected chi connectivity index (χ2v) is 2.15. The molecule has 0 bridgehead atoms. The molecule has 0 aliphatic carbocycles. The predicted octanol–water partition coefficient (Wildman–Crippen LogP) is 2.06. The highest BCUT2D eigenvalue weighted by atomic mass is 16.5. The Morgan fingerprint density at radius 2 is 1.58 bits per heavy atom. The number of allylic oxidation sites excluding steroid dienone is 2. The maximum atomic E-state index is 5.11. The topological polar surface area (TPSA) is 27.7 Å². The molecule has 0 atom stereocenters. The third-order valence-corrected chi connectivity index (χ3v) is 1.54. The summed E-state index contributed by atoms with van der Waals surface area (Å²) in [4.78, 5) is 0.